The van der Waals surface area contributed by atoms with Gasteiger partial charge in [0.1, 0.15) is 30.0 Å². The Morgan fingerprint density at radius 2 is 1.89 bits per heavy atom. The molecule has 2 aromatic carbocycles. The molecule has 1 unspecified atom stereocenters. The molecule has 0 fully saturated rings. The van der Waals surface area contributed by atoms with Crippen molar-refractivity contribution in [2.45, 2.75) is 19.6 Å². The third-order valence-electron chi connectivity index (χ3n) is 3.66. The second-order valence-corrected chi connectivity index (χ2v) is 5.85. The van der Waals surface area contributed by atoms with Crippen molar-refractivity contribution >= 4 is 29.9 Å². The van der Waals surface area contributed by atoms with Crippen LogP contribution in [-0.2, 0) is 6.54 Å². The maximum atomic E-state index is 12.9. The smallest absolute Gasteiger partial charge is 0.191 e. The minimum absolute atomic E-state index is 0. The molecule has 1 atom stereocenters. The van der Waals surface area contributed by atoms with E-state index in [4.69, 9.17) is 9.47 Å². The van der Waals surface area contributed by atoms with Gasteiger partial charge >= 0.3 is 0 Å². The van der Waals surface area contributed by atoms with Crippen molar-refractivity contribution < 1.29 is 19.0 Å². The molecule has 0 aliphatic heterocycles. The lowest BCUT2D eigenvalue weighted by Crippen LogP contribution is -2.42. The summed E-state index contributed by atoms with van der Waals surface area (Å²) in [5, 5.41) is 16.3. The molecule has 0 bridgehead atoms. The number of aliphatic hydroxyl groups excluding tert-OH is 1. The van der Waals surface area contributed by atoms with E-state index < -0.39 is 6.10 Å². The Labute approximate surface area is 182 Å². The molecule has 0 spiro atoms. The summed E-state index contributed by atoms with van der Waals surface area (Å²) >= 11 is 0. The van der Waals surface area contributed by atoms with Crippen molar-refractivity contribution in [3.05, 3.63) is 59.9 Å². The maximum Gasteiger partial charge on any atom is 0.191 e. The molecule has 0 saturated carbocycles. The van der Waals surface area contributed by atoms with E-state index in [9.17, 15) is 9.50 Å². The lowest BCUT2D eigenvalue weighted by Gasteiger charge is -2.16. The summed E-state index contributed by atoms with van der Waals surface area (Å²) in [6.45, 7) is 3.51. The van der Waals surface area contributed by atoms with Crippen LogP contribution in [0.15, 0.2) is 53.5 Å². The quantitative estimate of drug-likeness (QED) is 0.279. The Morgan fingerprint density at radius 3 is 2.57 bits per heavy atom. The fraction of sp³-hybridized carbons (Fsp3) is 0.350. The fourth-order valence-corrected chi connectivity index (χ4v) is 2.28. The third kappa shape index (κ3) is 8.75. The van der Waals surface area contributed by atoms with Gasteiger partial charge in [-0.05, 0) is 48.9 Å². The summed E-state index contributed by atoms with van der Waals surface area (Å²) in [5.74, 6) is 1.57. The molecule has 2 rings (SSSR count). The number of rotatable bonds is 9. The summed E-state index contributed by atoms with van der Waals surface area (Å²) < 4.78 is 23.5. The third-order valence-corrected chi connectivity index (χ3v) is 3.66. The van der Waals surface area contributed by atoms with Gasteiger partial charge in [0.15, 0.2) is 5.96 Å². The molecular weight excluding hydrogens is 476 g/mol. The first-order valence-electron chi connectivity index (χ1n) is 8.82. The number of aliphatic hydroxyl groups is 1. The van der Waals surface area contributed by atoms with E-state index in [0.717, 1.165) is 11.3 Å². The predicted octanol–water partition coefficient (Wildman–Crippen LogP) is 2.95. The number of hydrogen-bond acceptors (Lipinski definition) is 4. The van der Waals surface area contributed by atoms with Crippen molar-refractivity contribution in [1.29, 1.82) is 0 Å². The second kappa shape index (κ2) is 13.2. The Bertz CT molecular complexity index is 729. The van der Waals surface area contributed by atoms with E-state index >= 15 is 0 Å². The number of hydrogen-bond donors (Lipinski definition) is 3. The van der Waals surface area contributed by atoms with E-state index in [1.54, 1.807) is 7.11 Å². The molecule has 2 aromatic rings. The van der Waals surface area contributed by atoms with E-state index in [1.807, 2.05) is 31.2 Å². The molecule has 0 aliphatic carbocycles. The lowest BCUT2D eigenvalue weighted by molar-refractivity contribution is 0.110. The van der Waals surface area contributed by atoms with Crippen molar-refractivity contribution in [3.63, 3.8) is 0 Å². The first-order chi connectivity index (χ1) is 13.1. The second-order valence-electron chi connectivity index (χ2n) is 5.85. The minimum Gasteiger partial charge on any atom is -0.497 e. The van der Waals surface area contributed by atoms with Crippen LogP contribution in [0.5, 0.6) is 11.5 Å². The highest BCUT2D eigenvalue weighted by atomic mass is 127. The number of ether oxygens (including phenoxy) is 2. The van der Waals surface area contributed by atoms with Crippen LogP contribution in [0.3, 0.4) is 0 Å². The Kier molecular flexibility index (Phi) is 11.3. The van der Waals surface area contributed by atoms with Gasteiger partial charge in [-0.25, -0.2) is 9.38 Å². The van der Waals surface area contributed by atoms with Crippen LogP contribution in [0.1, 0.15) is 12.5 Å². The maximum absolute atomic E-state index is 12.9. The van der Waals surface area contributed by atoms with Gasteiger partial charge in [-0.3, -0.25) is 0 Å². The first-order valence-corrected chi connectivity index (χ1v) is 8.82. The van der Waals surface area contributed by atoms with E-state index in [0.29, 0.717) is 24.8 Å². The van der Waals surface area contributed by atoms with Gasteiger partial charge < -0.3 is 25.2 Å². The number of benzene rings is 2. The minimum atomic E-state index is -0.740. The van der Waals surface area contributed by atoms with Crippen LogP contribution in [0.25, 0.3) is 0 Å². The summed E-state index contributed by atoms with van der Waals surface area (Å²) in [5.41, 5.74) is 1.02. The normalized spacial score (nSPS) is 11.9. The monoisotopic (exact) mass is 503 g/mol. The fourth-order valence-electron chi connectivity index (χ4n) is 2.28. The lowest BCUT2D eigenvalue weighted by atomic mass is 10.2. The summed E-state index contributed by atoms with van der Waals surface area (Å²) in [6.07, 6.45) is -0.740. The molecular formula is C20H27FIN3O3. The molecule has 0 aliphatic rings. The van der Waals surface area contributed by atoms with Gasteiger partial charge in [0.2, 0.25) is 0 Å². The van der Waals surface area contributed by atoms with Crippen molar-refractivity contribution in [1.82, 2.24) is 10.6 Å². The molecule has 0 saturated heterocycles. The Hall–Kier alpha value is -2.07. The number of nitrogens with zero attached hydrogens (tertiary/aromatic N) is 1. The number of halogens is 2. The van der Waals surface area contributed by atoms with Gasteiger partial charge in [0, 0.05) is 13.1 Å². The highest BCUT2D eigenvalue weighted by Gasteiger charge is 2.07. The zero-order valence-corrected chi connectivity index (χ0v) is 18.4. The van der Waals surface area contributed by atoms with Gasteiger partial charge in [-0.2, -0.15) is 0 Å². The summed E-state index contributed by atoms with van der Waals surface area (Å²) in [4.78, 5) is 4.50. The molecule has 6 nitrogen and oxygen atoms in total. The van der Waals surface area contributed by atoms with Crippen molar-refractivity contribution in [3.8, 4) is 11.5 Å². The molecule has 3 N–H and O–H groups in total. The first kappa shape index (κ1) is 24.0. The molecule has 0 heterocycles. The average Bonchev–Trinajstić information content (AvgIpc) is 2.69. The van der Waals surface area contributed by atoms with Crippen LogP contribution in [0.2, 0.25) is 0 Å². The van der Waals surface area contributed by atoms with Gasteiger partial charge in [-0.15, -0.1) is 24.0 Å². The largest absolute Gasteiger partial charge is 0.497 e. The number of guanidine groups is 1. The molecule has 28 heavy (non-hydrogen) atoms. The zero-order chi connectivity index (χ0) is 19.5. The molecule has 8 heteroatoms. The van der Waals surface area contributed by atoms with Gasteiger partial charge in [0.25, 0.3) is 0 Å². The zero-order valence-electron chi connectivity index (χ0n) is 16.0. The van der Waals surface area contributed by atoms with E-state index in [2.05, 4.69) is 15.6 Å². The van der Waals surface area contributed by atoms with Crippen molar-refractivity contribution in [2.24, 2.45) is 4.99 Å². The summed E-state index contributed by atoms with van der Waals surface area (Å²) in [7, 11) is 1.63. The standard InChI is InChI=1S/C20H26FN3O3.HI/c1-3-22-20(23-12-15-5-4-6-19(11-15)26-2)24-13-17(25)14-27-18-9-7-16(21)8-10-18;/h4-11,17,25H,3,12-14H2,1-2H3,(H2,22,23,24);1H. The Balaban J connectivity index is 0.00000392. The average molecular weight is 503 g/mol. The van der Waals surface area contributed by atoms with Gasteiger partial charge in [-0.1, -0.05) is 12.1 Å². The SMILES string of the molecule is CCNC(=NCc1cccc(OC)c1)NCC(O)COc1ccc(F)cc1.I. The number of nitrogens with one attached hydrogen (secondary N) is 2. The molecule has 0 amide bonds. The van der Waals surface area contributed by atoms with Crippen LogP contribution >= 0.6 is 24.0 Å². The molecule has 0 aromatic heterocycles. The van der Waals surface area contributed by atoms with Crippen LogP contribution in [0, 0.1) is 5.82 Å². The van der Waals surface area contributed by atoms with Crippen molar-refractivity contribution in [2.75, 3.05) is 26.8 Å². The predicted molar refractivity (Wildman–Crippen MR) is 119 cm³/mol. The van der Waals surface area contributed by atoms with Crippen LogP contribution in [0.4, 0.5) is 4.39 Å². The van der Waals surface area contributed by atoms with Crippen LogP contribution in [-0.4, -0.2) is 44.0 Å². The van der Waals surface area contributed by atoms with E-state index in [1.165, 1.54) is 24.3 Å². The number of methoxy groups -OCH3 is 1. The highest BCUT2D eigenvalue weighted by molar-refractivity contribution is 14.0. The summed E-state index contributed by atoms with van der Waals surface area (Å²) in [6, 6.07) is 13.4. The Morgan fingerprint density at radius 1 is 1.14 bits per heavy atom. The van der Waals surface area contributed by atoms with Gasteiger partial charge in [0.05, 0.1) is 13.7 Å². The molecule has 0 radical (unpaired) electrons. The highest BCUT2D eigenvalue weighted by Crippen LogP contribution is 2.13. The van der Waals surface area contributed by atoms with E-state index in [-0.39, 0.29) is 42.9 Å². The number of aliphatic imine (C=N–C) groups is 1. The van der Waals surface area contributed by atoms with Crippen LogP contribution < -0.4 is 20.1 Å². The topological polar surface area (TPSA) is 75.1 Å². The molecule has 154 valence electrons.